The molecule has 4 rings (SSSR count). The average molecular weight is 2050 g/mol. The standard InChI is InChI=1S/C87H138N32O22S2/c1-46(120)106-53(17-7-35-101-83(92)93)69(127)109-57(19-9-37-103-85(96)97)73(131)115-62(43-48-23-26-49-13-2-3-14-50(49)41-48)77(135)118-64(45-143)79(137)116-61(42-47-24-27-51(121)28-25-47)76(134)112-56(20-10-38-104-86(98)140)71(129)108-54(15-4-5-33-88)72(130)114-60(30-32-67(124)125)81(139)119-40-12-22-65(119)80(138)113-59(29-31-66(122)123)75(133)111-55(18-8-36-102-84(94)95)70(128)110-58(21-11-39-105-87(99)141)74(132)117-63(44-142)78(136)107-52(68(89)126)16-6-34-100-82(90)91/h2-3,13-14,23-28,41,52-65,121,142-143H,4-12,15-22,29-40,42-45,88H2,1H3,(H2,89,126)(H,106,120)(H,107,136)(H,108,129)(H,109,127)(H,110,128)(H,111,133)(H,112,134)(H,113,138)(H,114,130)(H,115,131)(H,116,137)(H,117,132)(H,118,135)(H,122,123)(H,124,125)(H4,90,91,100)(H4,92,93,101)(H4,94,95,102)(H4,96,97,103)(H3,98,104,140)(H3,99,105,141)/t52-,53-,54-,55-,56-,57-,58-,59+,60+,61-,62-,63-,64-,65-/m0/s1. The van der Waals surface area contributed by atoms with Crippen molar-refractivity contribution >= 4 is 172 Å². The highest BCUT2D eigenvalue weighted by Gasteiger charge is 2.43. The molecule has 0 spiro atoms. The van der Waals surface area contributed by atoms with Crippen molar-refractivity contribution in [2.24, 2.45) is 45.9 Å². The summed E-state index contributed by atoms with van der Waals surface area (Å²) >= 11 is 8.63. The molecule has 54 nitrogen and oxygen atoms in total. The van der Waals surface area contributed by atoms with Crippen LogP contribution in [0.3, 0.4) is 0 Å². The number of hydrogen-bond acceptors (Lipinski definition) is 27. The Hall–Kier alpha value is -15.0. The minimum atomic E-state index is -1.85. The molecule has 0 bridgehead atoms. The summed E-state index contributed by atoms with van der Waals surface area (Å²) in [5, 5.41) is 110. The Kier molecular flexibility index (Phi) is 54.1. The zero-order chi connectivity index (χ0) is 106. The van der Waals surface area contributed by atoms with E-state index >= 15 is 19.2 Å². The Bertz CT molecular complexity index is 4890. The van der Waals surface area contributed by atoms with E-state index in [0.29, 0.717) is 11.1 Å². The molecule has 14 atom stereocenters. The van der Waals surface area contributed by atoms with Crippen molar-refractivity contribution in [2.45, 2.75) is 239 Å². The van der Waals surface area contributed by atoms with Gasteiger partial charge in [-0.25, -0.2) is 9.59 Å². The Labute approximate surface area is 835 Å². The number of rotatable bonds is 67. The topological polar surface area (TPSA) is 920 Å². The van der Waals surface area contributed by atoms with Crippen molar-refractivity contribution in [3.05, 3.63) is 77.9 Å². The molecule has 1 heterocycles. The monoisotopic (exact) mass is 2050 g/mol. The van der Waals surface area contributed by atoms with Crippen LogP contribution in [0.1, 0.15) is 153 Å². The van der Waals surface area contributed by atoms with Gasteiger partial charge in [0.15, 0.2) is 23.8 Å². The number of likely N-dealkylation sites (tertiary alicyclic amines) is 1. The maximum absolute atomic E-state index is 15.2. The number of nitrogens with one attached hydrogen (secondary N) is 23. The molecule has 3 aromatic carbocycles. The average Bonchev–Trinajstić information content (AvgIpc) is 1.68. The van der Waals surface area contributed by atoms with Crippen LogP contribution in [-0.2, 0) is 94.3 Å². The minimum Gasteiger partial charge on any atom is -0.508 e. The maximum Gasteiger partial charge on any atom is 0.312 e. The molecule has 42 N–H and O–H groups in total. The molecule has 790 valence electrons. The van der Waals surface area contributed by atoms with Gasteiger partial charge in [0, 0.05) is 89.9 Å². The molecular weight excluding hydrogens is 1910 g/mol. The first kappa shape index (κ1) is 120. The number of amides is 19. The zero-order valence-corrected chi connectivity index (χ0v) is 81.1. The van der Waals surface area contributed by atoms with E-state index in [1.807, 2.05) is 12.1 Å². The number of phenols is 1. The third-order valence-corrected chi connectivity index (χ3v) is 23.0. The molecule has 0 radical (unpaired) electrons. The number of fused-ring (bicyclic) bond motifs is 1. The predicted octanol–water partition coefficient (Wildman–Crippen LogP) is -8.20. The van der Waals surface area contributed by atoms with Crippen LogP contribution in [0.25, 0.3) is 10.8 Å². The molecule has 1 aliphatic heterocycles. The van der Waals surface area contributed by atoms with Crippen molar-refractivity contribution in [2.75, 3.05) is 63.9 Å². The molecular formula is C87H138N32O22S2. The lowest BCUT2D eigenvalue weighted by atomic mass is 10.00. The van der Waals surface area contributed by atoms with E-state index in [4.69, 9.17) is 67.5 Å². The Morgan fingerprint density at radius 2 is 0.671 bits per heavy atom. The number of carboxylic acids is 2. The molecule has 0 aliphatic carbocycles. The molecule has 1 fully saturated rings. The van der Waals surface area contributed by atoms with E-state index in [1.165, 1.54) is 31.2 Å². The fourth-order valence-corrected chi connectivity index (χ4v) is 15.4. The highest BCUT2D eigenvalue weighted by Crippen LogP contribution is 2.23. The fraction of sp³-hybridized carbons (Fsp3) is 0.552. The van der Waals surface area contributed by atoms with E-state index in [2.05, 4.69) is 126 Å². The molecule has 0 unspecified atom stereocenters. The van der Waals surface area contributed by atoms with Gasteiger partial charge in [-0.05, 0) is 163 Å². The quantitative estimate of drug-likeness (QED) is 0.0108. The molecule has 0 saturated carbocycles. The SMILES string of the molecule is CC(=O)N[C@@H](CCCNC(=N)N)C(=O)N[C@@H](CCCNC(=N)N)C(=O)N[C@@H](Cc1ccc2ccccc2c1)C(=O)N[C@@H](CS)C(=O)N[C@@H](Cc1ccc(O)cc1)C(=O)N[C@@H](CCCNC(N)=O)C(=O)N[C@@H](CCCCN)C(=O)N[C@H](CCC(=O)O)C(=O)N1CCC[C@H]1C(=O)N[C@H](CCC(=O)O)C(=O)N[C@@H](CCCNC(=N)N)C(=O)N[C@@H](CCCNC(N)=O)C(=O)N[C@@H](CS)C(=O)N[C@@H](CCCNC(=N)N)C(N)=O. The lowest BCUT2D eigenvalue weighted by Crippen LogP contribution is -2.61. The second-order valence-electron chi connectivity index (χ2n) is 33.6. The third kappa shape index (κ3) is 46.8. The Balaban J connectivity index is 1.72. The summed E-state index contributed by atoms with van der Waals surface area (Å²) in [5.41, 5.74) is 44.7. The van der Waals surface area contributed by atoms with Gasteiger partial charge >= 0.3 is 24.0 Å². The number of carbonyl (C=O) groups excluding carboxylic acids is 17. The number of nitrogens with zero attached hydrogens (tertiary/aromatic N) is 1. The number of aliphatic carboxylic acids is 2. The number of benzene rings is 3. The molecule has 143 heavy (non-hydrogen) atoms. The van der Waals surface area contributed by atoms with Gasteiger partial charge in [0.2, 0.25) is 88.6 Å². The summed E-state index contributed by atoms with van der Waals surface area (Å²) in [7, 11) is 0. The number of guanidine groups is 4. The number of nitrogens with two attached hydrogens (primary N) is 8. The van der Waals surface area contributed by atoms with Crippen LogP contribution in [0.5, 0.6) is 5.75 Å². The van der Waals surface area contributed by atoms with Crippen molar-refractivity contribution < 1.29 is 106 Å². The fourth-order valence-electron chi connectivity index (χ4n) is 14.9. The smallest absolute Gasteiger partial charge is 0.312 e. The van der Waals surface area contributed by atoms with Gasteiger partial charge in [-0.15, -0.1) is 0 Å². The van der Waals surface area contributed by atoms with Crippen LogP contribution in [-0.4, -0.2) is 305 Å². The van der Waals surface area contributed by atoms with E-state index in [0.717, 1.165) is 15.7 Å². The van der Waals surface area contributed by atoms with Crippen molar-refractivity contribution in [1.82, 2.24) is 106 Å². The van der Waals surface area contributed by atoms with Gasteiger partial charge in [-0.3, -0.25) is 103 Å². The number of urea groups is 2. The van der Waals surface area contributed by atoms with Gasteiger partial charge in [0.05, 0.1) is 0 Å². The Morgan fingerprint density at radius 1 is 0.364 bits per heavy atom. The third-order valence-electron chi connectivity index (χ3n) is 22.3. The summed E-state index contributed by atoms with van der Waals surface area (Å²) in [4.78, 5) is 265. The van der Waals surface area contributed by atoms with E-state index in [1.54, 1.807) is 30.3 Å². The van der Waals surface area contributed by atoms with Gasteiger partial charge in [-0.1, -0.05) is 54.6 Å². The van der Waals surface area contributed by atoms with Crippen LogP contribution in [0, 0.1) is 21.6 Å². The molecule has 56 heteroatoms. The van der Waals surface area contributed by atoms with Crippen molar-refractivity contribution in [3.8, 4) is 5.75 Å². The van der Waals surface area contributed by atoms with E-state index in [9.17, 15) is 87.2 Å². The molecule has 0 aromatic heterocycles. The summed E-state index contributed by atoms with van der Waals surface area (Å²) in [6.45, 7) is 0.810. The first-order chi connectivity index (χ1) is 67.8. The summed E-state index contributed by atoms with van der Waals surface area (Å²) in [6, 6.07) is -6.47. The molecule has 3 aromatic rings. The number of unbranched alkanes of at least 4 members (excludes halogenated alkanes) is 1. The van der Waals surface area contributed by atoms with Crippen LogP contribution < -0.4 is 147 Å². The van der Waals surface area contributed by atoms with Gasteiger partial charge < -0.3 is 167 Å². The highest BCUT2D eigenvalue weighted by atomic mass is 32.1. The Morgan fingerprint density at radius 3 is 1.03 bits per heavy atom. The predicted molar refractivity (Wildman–Crippen MR) is 529 cm³/mol. The van der Waals surface area contributed by atoms with Gasteiger partial charge in [0.25, 0.3) is 0 Å². The zero-order valence-electron chi connectivity index (χ0n) is 79.3. The number of carbonyl (C=O) groups is 19. The molecule has 19 amide bonds. The van der Waals surface area contributed by atoms with Gasteiger partial charge in [0.1, 0.15) is 90.3 Å². The van der Waals surface area contributed by atoms with Crippen LogP contribution in [0.2, 0.25) is 0 Å². The number of hydrogen-bond donors (Lipinski definition) is 36. The number of thiol groups is 2. The second kappa shape index (κ2) is 64.3. The summed E-state index contributed by atoms with van der Waals surface area (Å²) in [6.07, 6.45) is -4.59. The summed E-state index contributed by atoms with van der Waals surface area (Å²) < 4.78 is 0. The summed E-state index contributed by atoms with van der Waals surface area (Å²) in [5.74, 6) is -20.7. The van der Waals surface area contributed by atoms with Crippen LogP contribution in [0.15, 0.2) is 66.7 Å². The number of phenolic OH excluding ortho intramolecular Hbond substituents is 1. The highest BCUT2D eigenvalue weighted by molar-refractivity contribution is 7.80. The first-order valence-electron chi connectivity index (χ1n) is 46.3. The van der Waals surface area contributed by atoms with Crippen molar-refractivity contribution in [1.29, 1.82) is 21.6 Å². The number of carboxylic acid groups (broad SMARTS) is 2. The number of primary amides is 3. The normalized spacial score (nSPS) is 14.7. The molecule has 1 aliphatic rings. The van der Waals surface area contributed by atoms with E-state index in [-0.39, 0.29) is 186 Å². The second-order valence-corrected chi connectivity index (χ2v) is 34.4. The minimum absolute atomic E-state index is 0.00777. The maximum atomic E-state index is 15.2. The lowest BCUT2D eigenvalue weighted by Gasteiger charge is -2.31. The van der Waals surface area contributed by atoms with Crippen molar-refractivity contribution in [3.63, 3.8) is 0 Å². The van der Waals surface area contributed by atoms with Crippen LogP contribution >= 0.6 is 25.3 Å². The van der Waals surface area contributed by atoms with Gasteiger partial charge in [-0.2, -0.15) is 25.3 Å². The lowest BCUT2D eigenvalue weighted by molar-refractivity contribution is -0.144. The largest absolute Gasteiger partial charge is 0.508 e. The first-order valence-corrected chi connectivity index (χ1v) is 47.6. The molecule has 1 saturated heterocycles. The van der Waals surface area contributed by atoms with Crippen LogP contribution in [0.4, 0.5) is 9.59 Å². The number of aromatic hydroxyl groups is 1. The van der Waals surface area contributed by atoms with E-state index < -0.39 is 253 Å².